The van der Waals surface area contributed by atoms with Crippen LogP contribution in [0.15, 0.2) is 42.5 Å². The number of hydrogen-bond acceptors (Lipinski definition) is 1. The van der Waals surface area contributed by atoms with Crippen molar-refractivity contribution in [3.8, 4) is 5.75 Å². The number of hydrogen-bond donors (Lipinski definition) is 0. The third-order valence-electron chi connectivity index (χ3n) is 2.65. The van der Waals surface area contributed by atoms with Crippen molar-refractivity contribution in [1.29, 1.82) is 0 Å². The molecule has 2 rings (SSSR count). The lowest BCUT2D eigenvalue weighted by Gasteiger charge is -2.15. The predicted octanol–water partition coefficient (Wildman–Crippen LogP) is 3.60. The molecule has 0 radical (unpaired) electrons. The number of ether oxygens (including phenoxy) is 1. The lowest BCUT2D eigenvalue weighted by molar-refractivity contribution is 0.305. The fraction of sp³-hybridized carbons (Fsp3) is 0.0769. The molecular formula is C13H9BF5O-. The molecule has 0 aliphatic carbocycles. The maximum atomic E-state index is 12.9. The van der Waals surface area contributed by atoms with Crippen molar-refractivity contribution in [2.45, 2.75) is 6.61 Å². The van der Waals surface area contributed by atoms with Crippen LogP contribution >= 0.6 is 0 Å². The Morgan fingerprint density at radius 2 is 1.50 bits per heavy atom. The summed E-state index contributed by atoms with van der Waals surface area (Å²) in [4.78, 5) is 0. The van der Waals surface area contributed by atoms with E-state index < -0.39 is 24.1 Å². The van der Waals surface area contributed by atoms with Crippen LogP contribution in [0, 0.1) is 11.6 Å². The van der Waals surface area contributed by atoms with Crippen LogP contribution in [0.25, 0.3) is 0 Å². The first-order valence-electron chi connectivity index (χ1n) is 5.73. The second-order valence-corrected chi connectivity index (χ2v) is 4.18. The minimum Gasteiger partial charge on any atom is -0.489 e. The van der Waals surface area contributed by atoms with Gasteiger partial charge in [0.15, 0.2) is 11.6 Å². The van der Waals surface area contributed by atoms with Crippen LogP contribution in [0.5, 0.6) is 5.75 Å². The summed E-state index contributed by atoms with van der Waals surface area (Å²) in [5.41, 5.74) is -0.335. The Balaban J connectivity index is 2.02. The van der Waals surface area contributed by atoms with E-state index in [1.165, 1.54) is 18.2 Å². The molecule has 0 heterocycles. The van der Waals surface area contributed by atoms with E-state index in [1.807, 2.05) is 0 Å². The van der Waals surface area contributed by atoms with Crippen molar-refractivity contribution in [2.75, 3.05) is 0 Å². The second kappa shape index (κ2) is 5.52. The fourth-order valence-electron chi connectivity index (χ4n) is 1.58. The molecule has 2 aromatic rings. The van der Waals surface area contributed by atoms with Gasteiger partial charge in [0.25, 0.3) is 0 Å². The van der Waals surface area contributed by atoms with E-state index in [0.717, 1.165) is 24.3 Å². The van der Waals surface area contributed by atoms with Gasteiger partial charge in [0.05, 0.1) is 0 Å². The van der Waals surface area contributed by atoms with E-state index in [-0.39, 0.29) is 12.4 Å². The normalized spacial score (nSPS) is 11.4. The maximum Gasteiger partial charge on any atom is 0.509 e. The zero-order valence-corrected chi connectivity index (χ0v) is 10.1. The van der Waals surface area contributed by atoms with Crippen molar-refractivity contribution in [3.63, 3.8) is 0 Å². The van der Waals surface area contributed by atoms with Gasteiger partial charge in [-0.05, 0) is 29.8 Å². The van der Waals surface area contributed by atoms with Crippen LogP contribution < -0.4 is 10.2 Å². The topological polar surface area (TPSA) is 9.23 Å². The molecule has 0 aliphatic heterocycles. The molecule has 0 saturated heterocycles. The zero-order valence-electron chi connectivity index (χ0n) is 10.1. The average molecular weight is 287 g/mol. The van der Waals surface area contributed by atoms with E-state index >= 15 is 0 Å². The molecule has 0 N–H and O–H groups in total. The van der Waals surface area contributed by atoms with E-state index in [1.54, 1.807) is 0 Å². The summed E-state index contributed by atoms with van der Waals surface area (Å²) in [5.74, 6) is -1.75. The second-order valence-electron chi connectivity index (χ2n) is 4.18. The summed E-state index contributed by atoms with van der Waals surface area (Å²) in [5, 5.41) is 0. The van der Waals surface area contributed by atoms with E-state index in [9.17, 15) is 21.7 Å². The number of benzene rings is 2. The molecule has 0 unspecified atom stereocenters. The molecule has 0 saturated carbocycles. The van der Waals surface area contributed by atoms with Gasteiger partial charge in [0.1, 0.15) is 12.4 Å². The smallest absolute Gasteiger partial charge is 0.489 e. The Morgan fingerprint density at radius 3 is 2.05 bits per heavy atom. The van der Waals surface area contributed by atoms with Crippen LogP contribution in [-0.4, -0.2) is 6.98 Å². The first-order chi connectivity index (χ1) is 9.36. The van der Waals surface area contributed by atoms with Gasteiger partial charge in [0.2, 0.25) is 0 Å². The molecule has 0 amide bonds. The minimum atomic E-state index is -5.03. The summed E-state index contributed by atoms with van der Waals surface area (Å²) in [6, 6.07) is 7.48. The first-order valence-corrected chi connectivity index (χ1v) is 5.73. The van der Waals surface area contributed by atoms with Gasteiger partial charge >= 0.3 is 6.98 Å². The molecule has 20 heavy (non-hydrogen) atoms. The van der Waals surface area contributed by atoms with Gasteiger partial charge in [0, 0.05) is 0 Å². The largest absolute Gasteiger partial charge is 0.509 e. The number of rotatable bonds is 4. The Bertz CT molecular complexity index is 595. The van der Waals surface area contributed by atoms with Gasteiger partial charge in [-0.2, -0.15) is 0 Å². The Labute approximate surface area is 112 Å². The molecule has 0 atom stereocenters. The van der Waals surface area contributed by atoms with Gasteiger partial charge in [-0.3, -0.25) is 0 Å². The third-order valence-corrected chi connectivity index (χ3v) is 2.65. The standard InChI is InChI=1S/C13H9BF5O/c15-12-6-1-9(7-13(12)16)8-20-11-4-2-10(3-5-11)14(17,18)19/h1-7H,8H2/q-1. The van der Waals surface area contributed by atoms with Crippen LogP contribution in [-0.2, 0) is 6.61 Å². The van der Waals surface area contributed by atoms with Crippen molar-refractivity contribution >= 4 is 12.4 Å². The van der Waals surface area contributed by atoms with Gasteiger partial charge in [-0.1, -0.05) is 18.2 Å². The number of halogens is 5. The van der Waals surface area contributed by atoms with Crippen LogP contribution in [0.3, 0.4) is 0 Å². The summed E-state index contributed by atoms with van der Waals surface area (Å²) < 4.78 is 68.0. The molecule has 2 aromatic carbocycles. The molecule has 0 fully saturated rings. The van der Waals surface area contributed by atoms with Crippen LogP contribution in [0.1, 0.15) is 5.56 Å². The highest BCUT2D eigenvalue weighted by atomic mass is 19.4. The maximum absolute atomic E-state index is 12.9. The van der Waals surface area contributed by atoms with Gasteiger partial charge in [-0.15, -0.1) is 5.46 Å². The minimum absolute atomic E-state index is 0.0618. The quantitative estimate of drug-likeness (QED) is 0.616. The van der Waals surface area contributed by atoms with Crippen molar-refractivity contribution in [3.05, 3.63) is 59.7 Å². The highest BCUT2D eigenvalue weighted by Crippen LogP contribution is 2.16. The van der Waals surface area contributed by atoms with Crippen LogP contribution in [0.2, 0.25) is 0 Å². The lowest BCUT2D eigenvalue weighted by atomic mass is 9.80. The molecule has 1 nitrogen and oxygen atoms in total. The molecule has 0 bridgehead atoms. The molecule has 0 aromatic heterocycles. The molecule has 106 valence electrons. The summed E-state index contributed by atoms with van der Waals surface area (Å²) >= 11 is 0. The molecular weight excluding hydrogens is 278 g/mol. The lowest BCUT2D eigenvalue weighted by Crippen LogP contribution is -2.33. The Hall–Kier alpha value is -2.05. The van der Waals surface area contributed by atoms with E-state index in [2.05, 4.69) is 0 Å². The Morgan fingerprint density at radius 1 is 0.850 bits per heavy atom. The van der Waals surface area contributed by atoms with Gasteiger partial charge in [-0.25, -0.2) is 8.78 Å². The molecule has 7 heteroatoms. The van der Waals surface area contributed by atoms with Gasteiger partial charge < -0.3 is 17.7 Å². The molecule has 0 aliphatic rings. The average Bonchev–Trinajstić information content (AvgIpc) is 2.40. The molecule has 0 spiro atoms. The fourth-order valence-corrected chi connectivity index (χ4v) is 1.58. The summed E-state index contributed by atoms with van der Waals surface area (Å²) in [6.45, 7) is -5.10. The third kappa shape index (κ3) is 3.49. The Kier molecular flexibility index (Phi) is 3.97. The highest BCUT2D eigenvalue weighted by Gasteiger charge is 2.24. The van der Waals surface area contributed by atoms with E-state index in [0.29, 0.717) is 5.56 Å². The first kappa shape index (κ1) is 14.4. The SMILES string of the molecule is Fc1ccc(COc2ccc([B-](F)(F)F)cc2)cc1F. The zero-order chi connectivity index (χ0) is 14.8. The van der Waals surface area contributed by atoms with Crippen molar-refractivity contribution in [1.82, 2.24) is 0 Å². The van der Waals surface area contributed by atoms with Crippen LogP contribution in [0.4, 0.5) is 21.7 Å². The van der Waals surface area contributed by atoms with Crippen molar-refractivity contribution in [2.24, 2.45) is 0 Å². The highest BCUT2D eigenvalue weighted by molar-refractivity contribution is 6.73. The summed E-state index contributed by atoms with van der Waals surface area (Å²) in [7, 11) is 0. The summed E-state index contributed by atoms with van der Waals surface area (Å²) in [6.07, 6.45) is 0. The van der Waals surface area contributed by atoms with Crippen molar-refractivity contribution < 1.29 is 26.5 Å². The monoisotopic (exact) mass is 287 g/mol. The predicted molar refractivity (Wildman–Crippen MR) is 65.8 cm³/mol. The van der Waals surface area contributed by atoms with E-state index in [4.69, 9.17) is 4.74 Å².